The van der Waals surface area contributed by atoms with Crippen LogP contribution < -0.4 is 5.32 Å². The third-order valence-corrected chi connectivity index (χ3v) is 4.89. The van der Waals surface area contributed by atoms with E-state index in [1.165, 1.54) is 17.7 Å². The van der Waals surface area contributed by atoms with Gasteiger partial charge in [0.25, 0.3) is 0 Å². The molecule has 1 N–H and O–H groups in total. The van der Waals surface area contributed by atoms with Crippen molar-refractivity contribution in [1.29, 1.82) is 0 Å². The molecule has 0 amide bonds. The number of fused-ring (bicyclic) bond motifs is 3. The van der Waals surface area contributed by atoms with E-state index in [9.17, 15) is 4.39 Å². The first-order chi connectivity index (χ1) is 10.2. The Kier molecular flexibility index (Phi) is 3.00. The van der Waals surface area contributed by atoms with Crippen molar-refractivity contribution < 1.29 is 4.39 Å². The maximum atomic E-state index is 13.2. The first-order valence-electron chi connectivity index (χ1n) is 7.21. The number of para-hydroxylation sites is 1. The third kappa shape index (κ3) is 2.06. The van der Waals surface area contributed by atoms with E-state index < -0.39 is 0 Å². The van der Waals surface area contributed by atoms with E-state index in [0.29, 0.717) is 11.8 Å². The van der Waals surface area contributed by atoms with E-state index in [2.05, 4.69) is 23.5 Å². The summed E-state index contributed by atoms with van der Waals surface area (Å²) in [6, 6.07) is 13.0. The first-order valence-corrected chi connectivity index (χ1v) is 7.59. The van der Waals surface area contributed by atoms with Crippen LogP contribution in [0.3, 0.4) is 0 Å². The Hall–Kier alpha value is -1.80. The van der Waals surface area contributed by atoms with Crippen molar-refractivity contribution in [3.8, 4) is 0 Å². The van der Waals surface area contributed by atoms with E-state index in [1.54, 1.807) is 0 Å². The quantitative estimate of drug-likeness (QED) is 0.704. The highest BCUT2D eigenvalue weighted by molar-refractivity contribution is 6.33. The summed E-state index contributed by atoms with van der Waals surface area (Å²) in [6.07, 6.45) is 5.55. The fourth-order valence-corrected chi connectivity index (χ4v) is 3.82. The van der Waals surface area contributed by atoms with Crippen molar-refractivity contribution in [2.45, 2.75) is 18.4 Å². The van der Waals surface area contributed by atoms with Crippen molar-refractivity contribution in [3.05, 3.63) is 76.6 Å². The zero-order chi connectivity index (χ0) is 14.4. The van der Waals surface area contributed by atoms with Crippen LogP contribution in [0, 0.1) is 11.7 Å². The van der Waals surface area contributed by atoms with Gasteiger partial charge < -0.3 is 5.32 Å². The molecule has 2 aromatic rings. The summed E-state index contributed by atoms with van der Waals surface area (Å²) in [5.41, 5.74) is 3.39. The lowest BCUT2D eigenvalue weighted by Gasteiger charge is -2.38. The predicted octanol–water partition coefficient (Wildman–Crippen LogP) is 5.31. The summed E-state index contributed by atoms with van der Waals surface area (Å²) < 4.78 is 13.2. The average Bonchev–Trinajstić information content (AvgIpc) is 2.98. The minimum absolute atomic E-state index is 0.165. The molecule has 1 aliphatic heterocycles. The molecule has 0 spiro atoms. The summed E-state index contributed by atoms with van der Waals surface area (Å²) in [7, 11) is 0. The standard InChI is InChI=1S/C18H15ClFN/c19-16-6-2-5-15-13-3-1-4-14(13)17(21-18(15)16)11-7-9-12(20)10-8-11/h1-3,5-10,13-14,17,21H,4H2/t13-,14-,17+/m0/s1. The van der Waals surface area contributed by atoms with Gasteiger partial charge in [-0.15, -0.1) is 0 Å². The molecule has 2 aromatic carbocycles. The van der Waals surface area contributed by atoms with Crippen LogP contribution in [-0.4, -0.2) is 0 Å². The molecule has 106 valence electrons. The SMILES string of the molecule is Fc1ccc([C@H]2Nc3c(Cl)cccc3[C@H]3C=CC[C@@H]32)cc1. The Morgan fingerprint density at radius 3 is 2.71 bits per heavy atom. The fraction of sp³-hybridized carbons (Fsp3) is 0.222. The van der Waals surface area contributed by atoms with E-state index in [1.807, 2.05) is 24.3 Å². The molecular weight excluding hydrogens is 285 g/mol. The molecule has 1 aliphatic carbocycles. The van der Waals surface area contributed by atoms with E-state index in [-0.39, 0.29) is 11.9 Å². The molecule has 4 rings (SSSR count). The molecule has 0 unspecified atom stereocenters. The van der Waals surface area contributed by atoms with E-state index in [0.717, 1.165) is 22.7 Å². The van der Waals surface area contributed by atoms with Gasteiger partial charge in [0.05, 0.1) is 16.8 Å². The maximum Gasteiger partial charge on any atom is 0.123 e. The second-order valence-corrected chi connectivity index (χ2v) is 6.14. The number of hydrogen-bond donors (Lipinski definition) is 1. The summed E-state index contributed by atoms with van der Waals surface area (Å²) in [6.45, 7) is 0. The second kappa shape index (κ2) is 4.88. The van der Waals surface area contributed by atoms with Gasteiger partial charge >= 0.3 is 0 Å². The van der Waals surface area contributed by atoms with Crippen LogP contribution >= 0.6 is 11.6 Å². The Morgan fingerprint density at radius 1 is 1.10 bits per heavy atom. The molecule has 0 fully saturated rings. The van der Waals surface area contributed by atoms with E-state index in [4.69, 9.17) is 11.6 Å². The zero-order valence-corrected chi connectivity index (χ0v) is 12.1. The molecule has 0 radical (unpaired) electrons. The van der Waals surface area contributed by atoms with Crippen LogP contribution in [0.2, 0.25) is 5.02 Å². The molecule has 0 bridgehead atoms. The van der Waals surface area contributed by atoms with Gasteiger partial charge in [-0.05, 0) is 41.7 Å². The number of allylic oxidation sites excluding steroid dienone is 2. The average molecular weight is 300 g/mol. The highest BCUT2D eigenvalue weighted by atomic mass is 35.5. The van der Waals surface area contributed by atoms with Crippen LogP contribution in [0.5, 0.6) is 0 Å². The Bertz CT molecular complexity index is 708. The smallest absolute Gasteiger partial charge is 0.123 e. The second-order valence-electron chi connectivity index (χ2n) is 5.73. The van der Waals surface area contributed by atoms with Crippen molar-refractivity contribution in [3.63, 3.8) is 0 Å². The minimum atomic E-state index is -0.200. The number of rotatable bonds is 1. The van der Waals surface area contributed by atoms with Crippen LogP contribution in [0.15, 0.2) is 54.6 Å². The largest absolute Gasteiger partial charge is 0.376 e. The molecular formula is C18H15ClFN. The van der Waals surface area contributed by atoms with Gasteiger partial charge in [-0.1, -0.05) is 48.0 Å². The summed E-state index contributed by atoms with van der Waals surface area (Å²) in [5, 5.41) is 4.33. The molecule has 0 saturated carbocycles. The van der Waals surface area contributed by atoms with Crippen LogP contribution in [0.1, 0.15) is 29.5 Å². The monoisotopic (exact) mass is 299 g/mol. The molecule has 3 atom stereocenters. The van der Waals surface area contributed by atoms with E-state index >= 15 is 0 Å². The number of hydrogen-bond acceptors (Lipinski definition) is 1. The van der Waals surface area contributed by atoms with Crippen molar-refractivity contribution >= 4 is 17.3 Å². The first kappa shape index (κ1) is 12.9. The molecule has 1 nitrogen and oxygen atoms in total. The molecule has 21 heavy (non-hydrogen) atoms. The normalized spacial score (nSPS) is 26.1. The molecule has 0 aromatic heterocycles. The van der Waals surface area contributed by atoms with Gasteiger partial charge in [0.15, 0.2) is 0 Å². The van der Waals surface area contributed by atoms with Gasteiger partial charge in [0, 0.05) is 5.92 Å². The number of halogens is 2. The fourth-order valence-electron chi connectivity index (χ4n) is 3.58. The zero-order valence-electron chi connectivity index (χ0n) is 11.4. The van der Waals surface area contributed by atoms with Crippen LogP contribution in [0.4, 0.5) is 10.1 Å². The van der Waals surface area contributed by atoms with Gasteiger partial charge in [0.2, 0.25) is 0 Å². The molecule has 3 heteroatoms. The Balaban J connectivity index is 1.81. The van der Waals surface area contributed by atoms with Crippen LogP contribution in [0.25, 0.3) is 0 Å². The Morgan fingerprint density at radius 2 is 1.90 bits per heavy atom. The van der Waals surface area contributed by atoms with Crippen molar-refractivity contribution in [2.75, 3.05) is 5.32 Å². The maximum absolute atomic E-state index is 13.2. The molecule has 0 saturated heterocycles. The topological polar surface area (TPSA) is 12.0 Å². The predicted molar refractivity (Wildman–Crippen MR) is 84.2 cm³/mol. The number of benzene rings is 2. The summed E-state index contributed by atoms with van der Waals surface area (Å²) in [5.74, 6) is 0.644. The highest BCUT2D eigenvalue weighted by Gasteiger charge is 2.38. The molecule has 1 heterocycles. The molecule has 2 aliphatic rings. The number of anilines is 1. The van der Waals surface area contributed by atoms with Crippen molar-refractivity contribution in [1.82, 2.24) is 0 Å². The van der Waals surface area contributed by atoms with Crippen molar-refractivity contribution in [2.24, 2.45) is 5.92 Å². The highest BCUT2D eigenvalue weighted by Crippen LogP contribution is 2.51. The third-order valence-electron chi connectivity index (χ3n) is 4.58. The lowest BCUT2D eigenvalue weighted by Crippen LogP contribution is -2.29. The lowest BCUT2D eigenvalue weighted by molar-refractivity contribution is 0.425. The van der Waals surface area contributed by atoms with Gasteiger partial charge in [0.1, 0.15) is 5.82 Å². The van der Waals surface area contributed by atoms with Gasteiger partial charge in [-0.25, -0.2) is 4.39 Å². The van der Waals surface area contributed by atoms with Gasteiger partial charge in [-0.3, -0.25) is 0 Å². The Labute approximate surface area is 128 Å². The summed E-state index contributed by atoms with van der Waals surface area (Å²) >= 11 is 6.36. The summed E-state index contributed by atoms with van der Waals surface area (Å²) in [4.78, 5) is 0. The minimum Gasteiger partial charge on any atom is -0.376 e. The van der Waals surface area contributed by atoms with Crippen LogP contribution in [-0.2, 0) is 0 Å². The van der Waals surface area contributed by atoms with Gasteiger partial charge in [-0.2, -0.15) is 0 Å². The lowest BCUT2D eigenvalue weighted by atomic mass is 9.77. The number of nitrogens with one attached hydrogen (secondary N) is 1.